The first kappa shape index (κ1) is 32.0. The maximum absolute atomic E-state index is 14.6. The van der Waals surface area contributed by atoms with Crippen LogP contribution in [-0.2, 0) is 22.4 Å². The number of aromatic amines is 2. The number of nitrogens with zero attached hydrogens (tertiary/aromatic N) is 3. The molecule has 2 atom stereocenters. The van der Waals surface area contributed by atoms with Crippen LogP contribution in [0.1, 0.15) is 34.5 Å². The molecule has 0 unspecified atom stereocenters. The van der Waals surface area contributed by atoms with Crippen LogP contribution < -0.4 is 10.2 Å². The summed E-state index contributed by atoms with van der Waals surface area (Å²) in [5.74, 6) is -0.424. The van der Waals surface area contributed by atoms with Crippen LogP contribution in [0.25, 0.3) is 21.8 Å². The van der Waals surface area contributed by atoms with Crippen LogP contribution in [-0.4, -0.2) is 83.8 Å². The van der Waals surface area contributed by atoms with Gasteiger partial charge in [-0.25, -0.2) is 0 Å². The highest BCUT2D eigenvalue weighted by Gasteiger charge is 2.36. The van der Waals surface area contributed by atoms with Crippen LogP contribution in [0.15, 0.2) is 79.0 Å². The smallest absolute Gasteiger partial charge is 0.270 e. The first-order valence-corrected chi connectivity index (χ1v) is 17.1. The summed E-state index contributed by atoms with van der Waals surface area (Å²) in [6, 6.07) is 22.6. The Morgan fingerprint density at radius 3 is 2.50 bits per heavy atom. The number of fused-ring (bicyclic) bond motifs is 3. The average Bonchev–Trinajstić information content (AvgIpc) is 3.71. The first-order chi connectivity index (χ1) is 23.2. The lowest BCUT2D eigenvalue weighted by molar-refractivity contribution is -0.131. The van der Waals surface area contributed by atoms with Crippen molar-refractivity contribution in [3.63, 3.8) is 0 Å². The molecule has 10 heteroatoms. The second-order valence-corrected chi connectivity index (χ2v) is 14.0. The summed E-state index contributed by atoms with van der Waals surface area (Å²) in [5, 5.41) is 5.86. The van der Waals surface area contributed by atoms with Crippen molar-refractivity contribution < 1.29 is 14.4 Å². The molecule has 0 aliphatic carbocycles. The van der Waals surface area contributed by atoms with Gasteiger partial charge in [-0.05, 0) is 86.8 Å². The monoisotopic (exact) mass is 664 g/mol. The van der Waals surface area contributed by atoms with E-state index in [0.717, 1.165) is 51.6 Å². The predicted octanol–water partition coefficient (Wildman–Crippen LogP) is 5.65. The Labute approximate surface area is 285 Å². The van der Waals surface area contributed by atoms with Crippen molar-refractivity contribution in [2.24, 2.45) is 11.8 Å². The quantitative estimate of drug-likeness (QED) is 0.200. The number of H-pyrrole nitrogens is 2. The number of piperidine rings is 1. The van der Waals surface area contributed by atoms with Crippen molar-refractivity contribution in [2.45, 2.75) is 31.7 Å². The van der Waals surface area contributed by atoms with Crippen LogP contribution >= 0.6 is 11.6 Å². The third kappa shape index (κ3) is 6.57. The summed E-state index contributed by atoms with van der Waals surface area (Å²) in [4.78, 5) is 54.2. The molecule has 7 rings (SSSR count). The Morgan fingerprint density at radius 1 is 0.979 bits per heavy atom. The molecule has 3 amide bonds. The maximum atomic E-state index is 14.6. The molecular weight excluding hydrogens is 624 g/mol. The number of nitrogens with one attached hydrogen (secondary N) is 3. The Bertz CT molecular complexity index is 1940. The highest BCUT2D eigenvalue weighted by atomic mass is 35.5. The fraction of sp³-hybridized carbons (Fsp3) is 0.342. The molecule has 0 spiro atoms. The normalized spacial score (nSPS) is 17.5. The van der Waals surface area contributed by atoms with Crippen molar-refractivity contribution >= 4 is 56.8 Å². The largest absolute Gasteiger partial charge is 0.361 e. The number of hydrogen-bond acceptors (Lipinski definition) is 4. The number of benzene rings is 3. The van der Waals surface area contributed by atoms with Crippen molar-refractivity contribution in [1.82, 2.24) is 25.1 Å². The van der Waals surface area contributed by atoms with Crippen molar-refractivity contribution in [3.8, 4) is 0 Å². The van der Waals surface area contributed by atoms with Gasteiger partial charge in [0, 0.05) is 77.2 Å². The Balaban J connectivity index is 1.10. The van der Waals surface area contributed by atoms with E-state index in [1.165, 1.54) is 0 Å². The highest BCUT2D eigenvalue weighted by Crippen LogP contribution is 2.33. The summed E-state index contributed by atoms with van der Waals surface area (Å²) >= 11 is 6.41. The molecule has 0 saturated carbocycles. The first-order valence-electron chi connectivity index (χ1n) is 16.7. The highest BCUT2D eigenvalue weighted by molar-refractivity contribution is 6.30. The van der Waals surface area contributed by atoms with E-state index in [-0.39, 0.29) is 29.6 Å². The molecule has 2 aliphatic rings. The number of rotatable bonds is 8. The van der Waals surface area contributed by atoms with Crippen LogP contribution in [0.3, 0.4) is 0 Å². The molecule has 0 bridgehead atoms. The average molecular weight is 665 g/mol. The minimum absolute atomic E-state index is 0.0615. The molecule has 2 aliphatic heterocycles. The van der Waals surface area contributed by atoms with E-state index in [1.54, 1.807) is 0 Å². The minimum atomic E-state index is -0.774. The molecule has 3 N–H and O–H groups in total. The number of carbonyl (C=O) groups is 3. The molecule has 1 saturated heterocycles. The van der Waals surface area contributed by atoms with Gasteiger partial charge < -0.3 is 30.0 Å². The second kappa shape index (κ2) is 13.5. The second-order valence-electron chi connectivity index (χ2n) is 13.5. The standard InChI is InChI=1S/C38H41ClN6O3/c1-43(2)22-24-17-27-18-29(39)11-12-35(27)45(23-24)38(48)34(20-28-21-40-32-10-6-4-8-30(28)32)42-36(46)25-13-15-44(16-14-25)37(47)33-19-26-7-3-5-9-31(26)41-33/h3-12,18-19,21,24-25,34,40-41H,13-17,20,22-23H2,1-2H3,(H,42,46)/t24-,34+/m0/s1. The van der Waals surface area contributed by atoms with E-state index in [1.807, 2.05) is 103 Å². The number of hydrogen-bond donors (Lipinski definition) is 3. The summed E-state index contributed by atoms with van der Waals surface area (Å²) in [6.07, 6.45) is 4.17. The number of carbonyl (C=O) groups excluding carboxylic acids is 3. The fourth-order valence-corrected chi connectivity index (χ4v) is 7.66. The lowest BCUT2D eigenvalue weighted by Crippen LogP contribution is -2.54. The zero-order valence-electron chi connectivity index (χ0n) is 27.3. The fourth-order valence-electron chi connectivity index (χ4n) is 7.46. The molecule has 9 nitrogen and oxygen atoms in total. The number of anilines is 1. The SMILES string of the molecule is CN(C)C[C@@H]1Cc2cc(Cl)ccc2N(C(=O)[C@@H](Cc2c[nH]c3ccccc23)NC(=O)C2CCN(C(=O)c3cc4ccccc4[nH]3)CC2)C1. The molecule has 5 aromatic rings. The van der Waals surface area contributed by atoms with Gasteiger partial charge in [0.1, 0.15) is 11.7 Å². The van der Waals surface area contributed by atoms with Gasteiger partial charge in [-0.1, -0.05) is 48.0 Å². The van der Waals surface area contributed by atoms with Gasteiger partial charge in [0.2, 0.25) is 11.8 Å². The zero-order chi connectivity index (χ0) is 33.4. The third-order valence-electron chi connectivity index (χ3n) is 9.80. The topological polar surface area (TPSA) is 105 Å². The van der Waals surface area contributed by atoms with Crippen molar-refractivity contribution in [3.05, 3.63) is 101 Å². The maximum Gasteiger partial charge on any atom is 0.270 e. The van der Waals surface area contributed by atoms with E-state index >= 15 is 0 Å². The van der Waals surface area contributed by atoms with Gasteiger partial charge in [-0.2, -0.15) is 0 Å². The molecule has 1 fully saturated rings. The molecule has 48 heavy (non-hydrogen) atoms. The van der Waals surface area contributed by atoms with Gasteiger partial charge in [-0.3, -0.25) is 14.4 Å². The molecule has 2 aromatic heterocycles. The molecule has 4 heterocycles. The lowest BCUT2D eigenvalue weighted by atomic mass is 9.90. The molecule has 3 aromatic carbocycles. The molecular formula is C38H41ClN6O3. The zero-order valence-corrected chi connectivity index (χ0v) is 28.1. The van der Waals surface area contributed by atoms with E-state index in [0.29, 0.717) is 49.6 Å². The van der Waals surface area contributed by atoms with Gasteiger partial charge >= 0.3 is 0 Å². The number of aromatic nitrogens is 2. The summed E-state index contributed by atoms with van der Waals surface area (Å²) in [5.41, 5.74) is 5.33. The number of likely N-dealkylation sites (tertiary alicyclic amines) is 1. The number of para-hydroxylation sites is 2. The Morgan fingerprint density at radius 2 is 1.73 bits per heavy atom. The van der Waals surface area contributed by atoms with E-state index in [2.05, 4.69) is 20.2 Å². The Kier molecular flexibility index (Phi) is 8.98. The lowest BCUT2D eigenvalue weighted by Gasteiger charge is -2.38. The minimum Gasteiger partial charge on any atom is -0.361 e. The van der Waals surface area contributed by atoms with Gasteiger partial charge in [0.05, 0.1) is 0 Å². The van der Waals surface area contributed by atoms with Gasteiger partial charge in [0.25, 0.3) is 5.91 Å². The molecule has 248 valence electrons. The van der Waals surface area contributed by atoms with Crippen LogP contribution in [0, 0.1) is 11.8 Å². The third-order valence-corrected chi connectivity index (χ3v) is 10.0. The summed E-state index contributed by atoms with van der Waals surface area (Å²) in [6.45, 7) is 2.32. The predicted molar refractivity (Wildman–Crippen MR) is 190 cm³/mol. The Hall–Kier alpha value is -4.60. The summed E-state index contributed by atoms with van der Waals surface area (Å²) < 4.78 is 0. The van der Waals surface area contributed by atoms with Gasteiger partial charge in [0.15, 0.2) is 0 Å². The number of halogens is 1. The summed E-state index contributed by atoms with van der Waals surface area (Å²) in [7, 11) is 4.08. The van der Waals surface area contributed by atoms with Crippen LogP contribution in [0.4, 0.5) is 5.69 Å². The van der Waals surface area contributed by atoms with E-state index in [9.17, 15) is 14.4 Å². The van der Waals surface area contributed by atoms with Crippen molar-refractivity contribution in [1.29, 1.82) is 0 Å². The van der Waals surface area contributed by atoms with E-state index < -0.39 is 6.04 Å². The van der Waals surface area contributed by atoms with Crippen LogP contribution in [0.2, 0.25) is 5.02 Å². The van der Waals surface area contributed by atoms with E-state index in [4.69, 9.17) is 11.6 Å². The van der Waals surface area contributed by atoms with Gasteiger partial charge in [-0.15, -0.1) is 0 Å². The van der Waals surface area contributed by atoms with Crippen molar-refractivity contribution in [2.75, 3.05) is 45.2 Å². The molecule has 0 radical (unpaired) electrons. The number of amides is 3. The van der Waals surface area contributed by atoms with Crippen LogP contribution in [0.5, 0.6) is 0 Å².